The molecule has 7 nitrogen and oxygen atoms in total. The maximum Gasteiger partial charge on any atom is 0.272 e. The minimum absolute atomic E-state index is 0.0485. The van der Waals surface area contributed by atoms with Gasteiger partial charge in [0.2, 0.25) is 5.91 Å². The van der Waals surface area contributed by atoms with Gasteiger partial charge in [0.15, 0.2) is 5.69 Å². The largest absolute Gasteiger partial charge is 0.389 e. The number of β-amino-alcohol motifs (C(OH)–C–C–N with tert-alkyl or cyclic N) is 1. The Labute approximate surface area is 135 Å². The van der Waals surface area contributed by atoms with E-state index in [-0.39, 0.29) is 24.4 Å². The van der Waals surface area contributed by atoms with Gasteiger partial charge in [0, 0.05) is 38.3 Å². The molecule has 0 spiro atoms. The van der Waals surface area contributed by atoms with Crippen LogP contribution in [-0.4, -0.2) is 56.8 Å². The topological polar surface area (TPSA) is 87.5 Å². The first-order valence-electron chi connectivity index (χ1n) is 8.26. The summed E-state index contributed by atoms with van der Waals surface area (Å²) in [6, 6.07) is -0.334. The third kappa shape index (κ3) is 3.10. The van der Waals surface area contributed by atoms with E-state index in [0.717, 1.165) is 36.9 Å². The number of aryl methyl sites for hydroxylation is 1. The van der Waals surface area contributed by atoms with E-state index >= 15 is 0 Å². The van der Waals surface area contributed by atoms with Crippen LogP contribution in [0.25, 0.3) is 0 Å². The molecule has 2 amide bonds. The highest BCUT2D eigenvalue weighted by molar-refractivity contribution is 5.94. The Morgan fingerprint density at radius 2 is 2.04 bits per heavy atom. The molecule has 126 valence electrons. The number of amides is 2. The van der Waals surface area contributed by atoms with Crippen molar-refractivity contribution in [1.29, 1.82) is 0 Å². The van der Waals surface area contributed by atoms with E-state index in [1.165, 1.54) is 6.92 Å². The van der Waals surface area contributed by atoms with Gasteiger partial charge < -0.3 is 15.3 Å². The molecule has 1 saturated heterocycles. The van der Waals surface area contributed by atoms with Gasteiger partial charge in [0.25, 0.3) is 5.91 Å². The summed E-state index contributed by atoms with van der Waals surface area (Å²) in [6.45, 7) is 2.31. The van der Waals surface area contributed by atoms with Crippen LogP contribution in [0, 0.1) is 0 Å². The normalized spacial score (nSPS) is 24.2. The number of hydrogen-bond donors (Lipinski definition) is 2. The summed E-state index contributed by atoms with van der Waals surface area (Å²) in [6.07, 6.45) is 3.88. The standard InChI is InChI=1S/C16H24N4O3/c1-10(21)20-8-7-12(14(22)9-20)17-16(23)15-11-5-3-4-6-13(11)19(2)18-15/h12,14,22H,3-9H2,1-2H3,(H,17,23). The minimum atomic E-state index is -0.740. The lowest BCUT2D eigenvalue weighted by atomic mass is 9.95. The molecule has 0 bridgehead atoms. The van der Waals surface area contributed by atoms with Crippen molar-refractivity contribution in [2.24, 2.45) is 7.05 Å². The zero-order valence-electron chi connectivity index (χ0n) is 13.7. The van der Waals surface area contributed by atoms with Crippen LogP contribution in [0.5, 0.6) is 0 Å². The number of aliphatic hydroxyl groups is 1. The van der Waals surface area contributed by atoms with E-state index in [2.05, 4.69) is 10.4 Å². The van der Waals surface area contributed by atoms with Crippen molar-refractivity contribution >= 4 is 11.8 Å². The second kappa shape index (κ2) is 6.31. The van der Waals surface area contributed by atoms with Crippen molar-refractivity contribution in [2.75, 3.05) is 13.1 Å². The second-order valence-electron chi connectivity index (χ2n) is 6.51. The number of nitrogens with zero attached hydrogens (tertiary/aromatic N) is 3. The minimum Gasteiger partial charge on any atom is -0.389 e. The zero-order chi connectivity index (χ0) is 16.6. The summed E-state index contributed by atoms with van der Waals surface area (Å²) in [5.74, 6) is -0.267. The van der Waals surface area contributed by atoms with Crippen LogP contribution in [0.4, 0.5) is 0 Å². The molecule has 0 radical (unpaired) electrons. The molecule has 7 heteroatoms. The Morgan fingerprint density at radius 3 is 2.74 bits per heavy atom. The van der Waals surface area contributed by atoms with Gasteiger partial charge in [-0.1, -0.05) is 0 Å². The Bertz CT molecular complexity index is 625. The number of piperidine rings is 1. The quantitative estimate of drug-likeness (QED) is 0.803. The summed E-state index contributed by atoms with van der Waals surface area (Å²) >= 11 is 0. The van der Waals surface area contributed by atoms with Gasteiger partial charge >= 0.3 is 0 Å². The summed E-state index contributed by atoms with van der Waals surface area (Å²) in [4.78, 5) is 25.6. The van der Waals surface area contributed by atoms with Crippen molar-refractivity contribution in [2.45, 2.75) is 51.2 Å². The average Bonchev–Trinajstić information content (AvgIpc) is 2.87. The molecular weight excluding hydrogens is 296 g/mol. The van der Waals surface area contributed by atoms with E-state index in [1.807, 2.05) is 7.05 Å². The fraction of sp³-hybridized carbons (Fsp3) is 0.688. The maximum atomic E-state index is 12.6. The van der Waals surface area contributed by atoms with Gasteiger partial charge in [0.05, 0.1) is 12.1 Å². The van der Waals surface area contributed by atoms with Crippen molar-refractivity contribution < 1.29 is 14.7 Å². The van der Waals surface area contributed by atoms with Gasteiger partial charge in [-0.2, -0.15) is 5.10 Å². The fourth-order valence-electron chi connectivity index (χ4n) is 3.58. The highest BCUT2D eigenvalue weighted by Crippen LogP contribution is 2.24. The molecule has 23 heavy (non-hydrogen) atoms. The van der Waals surface area contributed by atoms with Crippen LogP contribution in [-0.2, 0) is 24.7 Å². The van der Waals surface area contributed by atoms with Gasteiger partial charge in [-0.3, -0.25) is 14.3 Å². The number of hydrogen-bond acceptors (Lipinski definition) is 4. The molecule has 2 atom stereocenters. The van der Waals surface area contributed by atoms with Crippen LogP contribution in [0.2, 0.25) is 0 Å². The number of likely N-dealkylation sites (tertiary alicyclic amines) is 1. The molecule has 2 N–H and O–H groups in total. The SMILES string of the molecule is CC(=O)N1CCC(NC(=O)c2nn(C)c3c2CCCC3)C(O)C1. The van der Waals surface area contributed by atoms with E-state index < -0.39 is 6.10 Å². The fourth-order valence-corrected chi connectivity index (χ4v) is 3.58. The number of carbonyl (C=O) groups is 2. The molecule has 1 aliphatic carbocycles. The van der Waals surface area contributed by atoms with Crippen molar-refractivity contribution in [3.8, 4) is 0 Å². The number of aliphatic hydroxyl groups excluding tert-OH is 1. The summed E-state index contributed by atoms with van der Waals surface area (Å²) < 4.78 is 1.80. The molecule has 2 heterocycles. The van der Waals surface area contributed by atoms with Crippen LogP contribution in [0.1, 0.15) is 47.9 Å². The molecule has 1 aliphatic heterocycles. The monoisotopic (exact) mass is 320 g/mol. The van der Waals surface area contributed by atoms with Gasteiger partial charge in [-0.05, 0) is 32.1 Å². The van der Waals surface area contributed by atoms with Crippen LogP contribution in [0.3, 0.4) is 0 Å². The summed E-state index contributed by atoms with van der Waals surface area (Å²) in [7, 11) is 1.88. The maximum absolute atomic E-state index is 12.6. The Balaban J connectivity index is 1.69. The molecule has 1 aromatic heterocycles. The third-order valence-corrected chi connectivity index (χ3v) is 4.92. The molecular formula is C16H24N4O3. The average molecular weight is 320 g/mol. The highest BCUT2D eigenvalue weighted by atomic mass is 16.3. The molecule has 1 aromatic rings. The first-order valence-corrected chi connectivity index (χ1v) is 8.26. The lowest BCUT2D eigenvalue weighted by Crippen LogP contribution is -2.55. The number of carbonyl (C=O) groups excluding carboxylic acids is 2. The highest BCUT2D eigenvalue weighted by Gasteiger charge is 2.32. The molecule has 3 rings (SSSR count). The zero-order valence-corrected chi connectivity index (χ0v) is 13.7. The Kier molecular flexibility index (Phi) is 4.39. The van der Waals surface area contributed by atoms with Gasteiger partial charge in [-0.25, -0.2) is 0 Å². The van der Waals surface area contributed by atoms with Gasteiger partial charge in [-0.15, -0.1) is 0 Å². The van der Waals surface area contributed by atoms with Crippen LogP contribution in [0.15, 0.2) is 0 Å². The lowest BCUT2D eigenvalue weighted by molar-refractivity contribution is -0.132. The summed E-state index contributed by atoms with van der Waals surface area (Å²) in [5, 5.41) is 17.5. The predicted octanol–water partition coefficient (Wildman–Crippen LogP) is 0.0104. The molecule has 0 aromatic carbocycles. The Morgan fingerprint density at radius 1 is 1.30 bits per heavy atom. The first-order chi connectivity index (χ1) is 11.0. The summed E-state index contributed by atoms with van der Waals surface area (Å²) in [5.41, 5.74) is 2.68. The smallest absolute Gasteiger partial charge is 0.272 e. The van der Waals surface area contributed by atoms with Crippen molar-refractivity contribution in [1.82, 2.24) is 20.0 Å². The number of fused-ring (bicyclic) bond motifs is 1. The van der Waals surface area contributed by atoms with E-state index in [1.54, 1.807) is 9.58 Å². The van der Waals surface area contributed by atoms with Crippen LogP contribution >= 0.6 is 0 Å². The van der Waals surface area contributed by atoms with Gasteiger partial charge in [0.1, 0.15) is 0 Å². The molecule has 0 saturated carbocycles. The van der Waals surface area contributed by atoms with Crippen LogP contribution < -0.4 is 5.32 Å². The first kappa shape index (κ1) is 16.0. The van der Waals surface area contributed by atoms with E-state index in [0.29, 0.717) is 18.7 Å². The van der Waals surface area contributed by atoms with Crippen molar-refractivity contribution in [3.63, 3.8) is 0 Å². The lowest BCUT2D eigenvalue weighted by Gasteiger charge is -2.35. The van der Waals surface area contributed by atoms with Crippen molar-refractivity contribution in [3.05, 3.63) is 17.0 Å². The molecule has 1 fully saturated rings. The third-order valence-electron chi connectivity index (χ3n) is 4.92. The molecule has 2 unspecified atom stereocenters. The second-order valence-corrected chi connectivity index (χ2v) is 6.51. The number of rotatable bonds is 2. The predicted molar refractivity (Wildman–Crippen MR) is 84.0 cm³/mol. The molecule has 2 aliphatic rings. The van der Waals surface area contributed by atoms with E-state index in [4.69, 9.17) is 0 Å². The Hall–Kier alpha value is -1.89. The van der Waals surface area contributed by atoms with E-state index in [9.17, 15) is 14.7 Å². The number of nitrogens with one attached hydrogen (secondary N) is 1. The number of aromatic nitrogens is 2.